The lowest BCUT2D eigenvalue weighted by Crippen LogP contribution is -2.82. The maximum Gasteiger partial charge on any atom is 0.224 e. The SMILES string of the molecule is C=CCNC(=S)N[NH+]=Cc1cccc(OC)c1OCc1ccc(C)cc1. The minimum atomic E-state index is 0.453. The Kier molecular flexibility index (Phi) is 7.64. The number of ether oxygens (including phenoxy) is 2. The summed E-state index contributed by atoms with van der Waals surface area (Å²) in [4.78, 5) is 0. The fourth-order valence-corrected chi connectivity index (χ4v) is 2.33. The molecule has 6 heteroatoms. The average Bonchev–Trinajstić information content (AvgIpc) is 2.66. The van der Waals surface area contributed by atoms with Gasteiger partial charge in [-0.15, -0.1) is 17.1 Å². The first-order valence-electron chi connectivity index (χ1n) is 8.23. The van der Waals surface area contributed by atoms with Gasteiger partial charge in [-0.1, -0.05) is 42.0 Å². The lowest BCUT2D eigenvalue weighted by molar-refractivity contribution is -0.500. The topological polar surface area (TPSA) is 56.5 Å². The van der Waals surface area contributed by atoms with E-state index in [0.29, 0.717) is 29.8 Å². The summed E-state index contributed by atoms with van der Waals surface area (Å²) >= 11 is 5.13. The minimum Gasteiger partial charge on any atom is -0.493 e. The summed E-state index contributed by atoms with van der Waals surface area (Å²) in [5.41, 5.74) is 6.03. The summed E-state index contributed by atoms with van der Waals surface area (Å²) in [5, 5.41) is 6.41. The van der Waals surface area contributed by atoms with Gasteiger partial charge in [0.25, 0.3) is 0 Å². The highest BCUT2D eigenvalue weighted by Gasteiger charge is 2.11. The zero-order valence-corrected chi connectivity index (χ0v) is 15.9. The predicted molar refractivity (Wildman–Crippen MR) is 109 cm³/mol. The summed E-state index contributed by atoms with van der Waals surface area (Å²) in [5.74, 6) is 1.33. The van der Waals surface area contributed by atoms with Gasteiger partial charge in [0.1, 0.15) is 6.61 Å². The van der Waals surface area contributed by atoms with Crippen molar-refractivity contribution in [3.8, 4) is 11.5 Å². The van der Waals surface area contributed by atoms with Crippen LogP contribution in [0.15, 0.2) is 55.1 Å². The van der Waals surface area contributed by atoms with Gasteiger partial charge in [-0.05, 0) is 36.8 Å². The molecule has 2 aromatic carbocycles. The normalized spacial score (nSPS) is 10.4. The zero-order valence-electron chi connectivity index (χ0n) is 15.0. The molecule has 2 aromatic rings. The highest BCUT2D eigenvalue weighted by atomic mass is 32.1. The summed E-state index contributed by atoms with van der Waals surface area (Å²) in [6.07, 6.45) is 3.51. The van der Waals surface area contributed by atoms with Crippen molar-refractivity contribution in [2.24, 2.45) is 0 Å². The molecular formula is C20H24N3O2S+. The van der Waals surface area contributed by atoms with Gasteiger partial charge in [0, 0.05) is 6.54 Å². The van der Waals surface area contributed by atoms with Crippen LogP contribution in [0.2, 0.25) is 0 Å². The molecule has 136 valence electrons. The van der Waals surface area contributed by atoms with E-state index in [9.17, 15) is 0 Å². The van der Waals surface area contributed by atoms with Crippen molar-refractivity contribution in [1.29, 1.82) is 0 Å². The number of rotatable bonds is 8. The van der Waals surface area contributed by atoms with Crippen LogP contribution < -0.4 is 25.3 Å². The zero-order chi connectivity index (χ0) is 18.8. The molecule has 0 heterocycles. The van der Waals surface area contributed by atoms with E-state index in [1.807, 2.05) is 18.2 Å². The average molecular weight is 370 g/mol. The Balaban J connectivity index is 2.09. The van der Waals surface area contributed by atoms with Crippen LogP contribution in [0.5, 0.6) is 11.5 Å². The van der Waals surface area contributed by atoms with E-state index < -0.39 is 0 Å². The molecule has 0 radical (unpaired) electrons. The molecule has 0 spiro atoms. The van der Waals surface area contributed by atoms with Crippen molar-refractivity contribution in [1.82, 2.24) is 10.7 Å². The smallest absolute Gasteiger partial charge is 0.224 e. The molecule has 0 atom stereocenters. The number of hydrazine groups is 1. The molecule has 2 rings (SSSR count). The Morgan fingerprint density at radius 2 is 2.00 bits per heavy atom. The van der Waals surface area contributed by atoms with Crippen LogP contribution in [-0.2, 0) is 6.61 Å². The third kappa shape index (κ3) is 5.89. The standard InChI is InChI=1S/C20H23N3O2S/c1-4-12-21-20(26)23-22-13-17-6-5-7-18(24-3)19(17)25-14-16-10-8-15(2)9-11-16/h4-11,13H,1,12,14H2,2-3H3,(H2,21,23,26)/p+1. The second-order valence-corrected chi connectivity index (χ2v) is 5.97. The molecule has 0 bridgehead atoms. The Bertz CT molecular complexity index is 773. The van der Waals surface area contributed by atoms with E-state index in [1.165, 1.54) is 5.56 Å². The lowest BCUT2D eigenvalue weighted by atomic mass is 10.1. The summed E-state index contributed by atoms with van der Waals surface area (Å²) < 4.78 is 11.5. The van der Waals surface area contributed by atoms with E-state index >= 15 is 0 Å². The molecule has 0 saturated carbocycles. The van der Waals surface area contributed by atoms with Gasteiger partial charge in [-0.3, -0.25) is 0 Å². The molecule has 0 aliphatic carbocycles. The Labute approximate surface area is 159 Å². The van der Waals surface area contributed by atoms with Crippen molar-refractivity contribution >= 4 is 23.5 Å². The second kappa shape index (κ2) is 10.2. The van der Waals surface area contributed by atoms with E-state index in [2.05, 4.69) is 53.6 Å². The Hall–Kier alpha value is -2.86. The van der Waals surface area contributed by atoms with Crippen LogP contribution >= 0.6 is 12.2 Å². The molecule has 0 aliphatic rings. The number of hydrogen-bond donors (Lipinski definition) is 3. The molecule has 0 saturated heterocycles. The third-order valence-electron chi connectivity index (χ3n) is 3.55. The van der Waals surface area contributed by atoms with Gasteiger partial charge in [-0.2, -0.15) is 0 Å². The highest BCUT2D eigenvalue weighted by molar-refractivity contribution is 7.80. The van der Waals surface area contributed by atoms with Gasteiger partial charge in [0.05, 0.1) is 12.7 Å². The third-order valence-corrected chi connectivity index (χ3v) is 3.80. The first-order valence-corrected chi connectivity index (χ1v) is 8.63. The molecule has 0 aromatic heterocycles. The van der Waals surface area contributed by atoms with Gasteiger partial charge < -0.3 is 14.8 Å². The monoisotopic (exact) mass is 370 g/mol. The van der Waals surface area contributed by atoms with Gasteiger partial charge in [0.2, 0.25) is 11.3 Å². The first-order chi connectivity index (χ1) is 12.6. The number of aryl methyl sites for hydroxylation is 1. The molecule has 0 aliphatic heterocycles. The maximum absolute atomic E-state index is 6.02. The van der Waals surface area contributed by atoms with Crippen LogP contribution in [0.1, 0.15) is 16.7 Å². The fourth-order valence-electron chi connectivity index (χ4n) is 2.19. The number of nitrogens with one attached hydrogen (secondary N) is 3. The Morgan fingerprint density at radius 3 is 2.69 bits per heavy atom. The first kappa shape index (κ1) is 19.5. The number of hydrogen-bond acceptors (Lipinski definition) is 3. The van der Waals surface area contributed by atoms with Crippen molar-refractivity contribution in [3.63, 3.8) is 0 Å². The van der Waals surface area contributed by atoms with Crippen LogP contribution in [0.3, 0.4) is 0 Å². The highest BCUT2D eigenvalue weighted by Crippen LogP contribution is 2.30. The number of thiocarbonyl (C=S) groups is 1. The van der Waals surface area contributed by atoms with Crippen molar-refractivity contribution in [2.75, 3.05) is 13.7 Å². The molecule has 26 heavy (non-hydrogen) atoms. The minimum absolute atomic E-state index is 0.453. The Morgan fingerprint density at radius 1 is 1.23 bits per heavy atom. The van der Waals surface area contributed by atoms with E-state index in [4.69, 9.17) is 21.7 Å². The molecule has 5 nitrogen and oxygen atoms in total. The van der Waals surface area contributed by atoms with Gasteiger partial charge >= 0.3 is 0 Å². The van der Waals surface area contributed by atoms with Crippen molar-refractivity contribution < 1.29 is 14.6 Å². The largest absolute Gasteiger partial charge is 0.493 e. The predicted octanol–water partition coefficient (Wildman–Crippen LogP) is 1.65. The molecule has 3 N–H and O–H groups in total. The quantitative estimate of drug-likeness (QED) is 0.286. The van der Waals surface area contributed by atoms with Crippen molar-refractivity contribution in [2.45, 2.75) is 13.5 Å². The molecule has 0 fully saturated rings. The van der Waals surface area contributed by atoms with Crippen molar-refractivity contribution in [3.05, 3.63) is 71.8 Å². The lowest BCUT2D eigenvalue weighted by Gasteiger charge is -2.12. The molecule has 0 amide bonds. The fraction of sp³-hybridized carbons (Fsp3) is 0.200. The number of para-hydroxylation sites is 1. The molecule has 0 unspecified atom stereocenters. The van der Waals surface area contributed by atoms with Crippen LogP contribution in [0, 0.1) is 6.92 Å². The second-order valence-electron chi connectivity index (χ2n) is 5.57. The van der Waals surface area contributed by atoms with E-state index in [1.54, 1.807) is 19.4 Å². The summed E-state index contributed by atoms with van der Waals surface area (Å²) in [6, 6.07) is 13.9. The number of hydrazone groups is 1. The number of benzene rings is 2. The summed E-state index contributed by atoms with van der Waals surface area (Å²) in [7, 11) is 1.62. The van der Waals surface area contributed by atoms with E-state index in [-0.39, 0.29) is 0 Å². The van der Waals surface area contributed by atoms with Gasteiger partial charge in [-0.25, -0.2) is 0 Å². The molecular weight excluding hydrogens is 346 g/mol. The van der Waals surface area contributed by atoms with Crippen LogP contribution in [0.25, 0.3) is 0 Å². The van der Waals surface area contributed by atoms with Crippen LogP contribution in [0.4, 0.5) is 0 Å². The van der Waals surface area contributed by atoms with E-state index in [0.717, 1.165) is 11.1 Å². The summed E-state index contributed by atoms with van der Waals surface area (Å²) in [6.45, 7) is 6.74. The number of methoxy groups -OCH3 is 1. The van der Waals surface area contributed by atoms with Gasteiger partial charge in [0.15, 0.2) is 11.5 Å². The maximum atomic E-state index is 6.02. The van der Waals surface area contributed by atoms with Crippen LogP contribution in [-0.4, -0.2) is 25.0 Å².